The first-order valence-corrected chi connectivity index (χ1v) is 2.52. The van der Waals surface area contributed by atoms with Crippen molar-refractivity contribution in [3.63, 3.8) is 0 Å². The zero-order valence-corrected chi connectivity index (χ0v) is 5.02. The molecule has 5 nitrogen and oxygen atoms in total. The molecule has 0 aromatic rings. The summed E-state index contributed by atoms with van der Waals surface area (Å²) >= 11 is 0. The second kappa shape index (κ2) is 4.08. The molecule has 0 aliphatic rings. The summed E-state index contributed by atoms with van der Waals surface area (Å²) in [5.41, 5.74) is 0. The Morgan fingerprint density at radius 3 is 2.44 bits per heavy atom. The van der Waals surface area contributed by atoms with Crippen molar-refractivity contribution in [1.29, 1.82) is 0 Å². The Balaban J connectivity index is 3.56. The Kier molecular flexibility index (Phi) is 3.70. The number of hydrogen-bond donors (Lipinski definition) is 1. The van der Waals surface area contributed by atoms with E-state index in [-0.39, 0.29) is 6.54 Å². The van der Waals surface area contributed by atoms with Crippen LogP contribution in [0.5, 0.6) is 0 Å². The number of aliphatic hydroxyl groups excluding tert-OH is 1. The quantitative estimate of drug-likeness (QED) is 0.557. The molecule has 5 heteroatoms. The van der Waals surface area contributed by atoms with Crippen molar-refractivity contribution in [3.05, 3.63) is 9.81 Å². The SMILES string of the molecule is CC(N=O)C(O)CN=O. The molecule has 9 heavy (non-hydrogen) atoms. The van der Waals surface area contributed by atoms with Crippen molar-refractivity contribution in [3.8, 4) is 0 Å². The molecule has 0 saturated heterocycles. The van der Waals surface area contributed by atoms with Gasteiger partial charge in [0.2, 0.25) is 0 Å². The van der Waals surface area contributed by atoms with Gasteiger partial charge in [0, 0.05) is 0 Å². The summed E-state index contributed by atoms with van der Waals surface area (Å²) in [7, 11) is 0. The standard InChI is InChI=1S/C4H8N2O3/c1-3(6-9)4(7)2-5-8/h3-4,7H,2H2,1H3. The van der Waals surface area contributed by atoms with Gasteiger partial charge in [0.25, 0.3) is 0 Å². The minimum Gasteiger partial charge on any atom is -0.389 e. The van der Waals surface area contributed by atoms with Crippen LogP contribution in [0.25, 0.3) is 0 Å². The van der Waals surface area contributed by atoms with Crippen molar-refractivity contribution in [2.75, 3.05) is 6.54 Å². The maximum atomic E-state index is 9.67. The van der Waals surface area contributed by atoms with E-state index in [9.17, 15) is 9.81 Å². The van der Waals surface area contributed by atoms with Gasteiger partial charge in [-0.05, 0) is 6.92 Å². The molecule has 0 heterocycles. The topological polar surface area (TPSA) is 79.1 Å². The van der Waals surface area contributed by atoms with Gasteiger partial charge in [-0.25, -0.2) is 0 Å². The van der Waals surface area contributed by atoms with Crippen LogP contribution in [0.4, 0.5) is 0 Å². The van der Waals surface area contributed by atoms with Crippen LogP contribution in [-0.2, 0) is 0 Å². The Morgan fingerprint density at radius 2 is 2.11 bits per heavy atom. The van der Waals surface area contributed by atoms with Crippen molar-refractivity contribution in [2.45, 2.75) is 19.1 Å². The molecule has 0 aromatic heterocycles. The highest BCUT2D eigenvalue weighted by molar-refractivity contribution is 4.71. The molecule has 0 radical (unpaired) electrons. The largest absolute Gasteiger partial charge is 0.389 e. The molecule has 0 rings (SSSR count). The van der Waals surface area contributed by atoms with Gasteiger partial charge < -0.3 is 5.11 Å². The third-order valence-electron chi connectivity index (χ3n) is 0.985. The van der Waals surface area contributed by atoms with Crippen LogP contribution in [-0.4, -0.2) is 23.8 Å². The van der Waals surface area contributed by atoms with Crippen LogP contribution < -0.4 is 0 Å². The summed E-state index contributed by atoms with van der Waals surface area (Å²) in [5, 5.41) is 13.6. The van der Waals surface area contributed by atoms with Gasteiger partial charge >= 0.3 is 0 Å². The maximum Gasteiger partial charge on any atom is 0.117 e. The molecule has 0 saturated carbocycles. The minimum atomic E-state index is -1.03. The average Bonchev–Trinajstić information content (AvgIpc) is 1.87. The number of nitrogens with zero attached hydrogens (tertiary/aromatic N) is 2. The Labute approximate surface area is 52.0 Å². The van der Waals surface area contributed by atoms with Crippen molar-refractivity contribution in [2.24, 2.45) is 10.4 Å². The highest BCUT2D eigenvalue weighted by atomic mass is 16.3. The van der Waals surface area contributed by atoms with Crippen LogP contribution in [0.1, 0.15) is 6.92 Å². The van der Waals surface area contributed by atoms with Gasteiger partial charge in [0.05, 0.1) is 0 Å². The highest BCUT2D eigenvalue weighted by Gasteiger charge is 2.13. The summed E-state index contributed by atoms with van der Waals surface area (Å²) in [4.78, 5) is 19.1. The molecular formula is C4H8N2O3. The molecule has 2 atom stereocenters. The highest BCUT2D eigenvalue weighted by Crippen LogP contribution is 1.96. The van der Waals surface area contributed by atoms with Crippen LogP contribution in [0.2, 0.25) is 0 Å². The molecule has 2 unspecified atom stereocenters. The number of hydrogen-bond acceptors (Lipinski definition) is 5. The Hall–Kier alpha value is -0.840. The zero-order chi connectivity index (χ0) is 7.28. The Morgan fingerprint density at radius 1 is 1.56 bits per heavy atom. The van der Waals surface area contributed by atoms with Gasteiger partial charge in [-0.3, -0.25) is 0 Å². The van der Waals surface area contributed by atoms with Gasteiger partial charge in [-0.15, -0.1) is 0 Å². The fourth-order valence-electron chi connectivity index (χ4n) is 0.299. The number of rotatable bonds is 4. The van der Waals surface area contributed by atoms with Crippen LogP contribution >= 0.6 is 0 Å². The first-order chi connectivity index (χ1) is 4.22. The van der Waals surface area contributed by atoms with Crippen LogP contribution in [0, 0.1) is 9.81 Å². The van der Waals surface area contributed by atoms with E-state index < -0.39 is 12.1 Å². The summed E-state index contributed by atoms with van der Waals surface area (Å²) in [5.74, 6) is 0. The summed E-state index contributed by atoms with van der Waals surface area (Å²) in [6.45, 7) is 1.15. The van der Waals surface area contributed by atoms with Crippen LogP contribution in [0.3, 0.4) is 0 Å². The normalized spacial score (nSPS) is 16.2. The van der Waals surface area contributed by atoms with Crippen molar-refractivity contribution >= 4 is 0 Å². The summed E-state index contributed by atoms with van der Waals surface area (Å²) in [6.07, 6.45) is -1.03. The first-order valence-electron chi connectivity index (χ1n) is 2.52. The van der Waals surface area contributed by atoms with E-state index in [1.807, 2.05) is 0 Å². The van der Waals surface area contributed by atoms with E-state index in [1.165, 1.54) is 6.92 Å². The van der Waals surface area contributed by atoms with E-state index >= 15 is 0 Å². The maximum absolute atomic E-state index is 9.67. The van der Waals surface area contributed by atoms with E-state index in [0.717, 1.165) is 0 Å². The number of nitroso groups, excluding NO2 is 2. The predicted octanol–water partition coefficient (Wildman–Crippen LogP) is 0.269. The minimum absolute atomic E-state index is 0.271. The fraction of sp³-hybridized carbons (Fsp3) is 1.00. The first kappa shape index (κ1) is 8.16. The monoisotopic (exact) mass is 132 g/mol. The lowest BCUT2D eigenvalue weighted by atomic mass is 10.2. The van der Waals surface area contributed by atoms with Gasteiger partial charge in [-0.2, -0.15) is 9.81 Å². The molecule has 0 aromatic carbocycles. The third-order valence-corrected chi connectivity index (χ3v) is 0.985. The molecule has 0 bridgehead atoms. The lowest BCUT2D eigenvalue weighted by Gasteiger charge is -2.05. The average molecular weight is 132 g/mol. The lowest BCUT2D eigenvalue weighted by molar-refractivity contribution is 0.159. The molecule has 1 N–H and O–H groups in total. The lowest BCUT2D eigenvalue weighted by Crippen LogP contribution is -2.23. The fourth-order valence-corrected chi connectivity index (χ4v) is 0.299. The van der Waals surface area contributed by atoms with Crippen LogP contribution in [0.15, 0.2) is 10.4 Å². The van der Waals surface area contributed by atoms with E-state index in [4.69, 9.17) is 5.11 Å². The van der Waals surface area contributed by atoms with E-state index in [2.05, 4.69) is 10.4 Å². The molecule has 0 aliphatic carbocycles. The van der Waals surface area contributed by atoms with Gasteiger partial charge in [0.15, 0.2) is 0 Å². The second-order valence-corrected chi connectivity index (χ2v) is 1.73. The van der Waals surface area contributed by atoms with Gasteiger partial charge in [0.1, 0.15) is 18.7 Å². The zero-order valence-electron chi connectivity index (χ0n) is 5.02. The molecule has 0 amide bonds. The van der Waals surface area contributed by atoms with Crippen molar-refractivity contribution < 1.29 is 5.11 Å². The molecule has 0 fully saturated rings. The van der Waals surface area contributed by atoms with E-state index in [1.54, 1.807) is 0 Å². The van der Waals surface area contributed by atoms with E-state index in [0.29, 0.717) is 0 Å². The molecule has 52 valence electrons. The predicted molar refractivity (Wildman–Crippen MR) is 31.9 cm³/mol. The molecular weight excluding hydrogens is 124 g/mol. The summed E-state index contributed by atoms with van der Waals surface area (Å²) < 4.78 is 0. The number of aliphatic hydroxyl groups is 1. The Bertz CT molecular complexity index is 106. The molecule has 0 aliphatic heterocycles. The second-order valence-electron chi connectivity index (χ2n) is 1.73. The molecule has 0 spiro atoms. The van der Waals surface area contributed by atoms with Gasteiger partial charge in [-0.1, -0.05) is 10.4 Å². The smallest absolute Gasteiger partial charge is 0.117 e. The van der Waals surface area contributed by atoms with Crippen molar-refractivity contribution in [1.82, 2.24) is 0 Å². The summed E-state index contributed by atoms with van der Waals surface area (Å²) in [6, 6.07) is -0.748. The third kappa shape index (κ3) is 2.86.